The molecule has 2 fully saturated rings. The molecule has 0 unspecified atom stereocenters. The molecule has 132 valence electrons. The van der Waals surface area contributed by atoms with Crippen LogP contribution < -0.4 is 16.0 Å². The molecule has 9 heteroatoms. The van der Waals surface area contributed by atoms with Crippen molar-refractivity contribution in [2.45, 2.75) is 19.3 Å². The van der Waals surface area contributed by atoms with Gasteiger partial charge in [0.1, 0.15) is 0 Å². The first kappa shape index (κ1) is 19.9. The molecule has 0 spiro atoms. The summed E-state index contributed by atoms with van der Waals surface area (Å²) in [6.45, 7) is 5.14. The van der Waals surface area contributed by atoms with E-state index in [4.69, 9.17) is 0 Å². The molecule has 2 saturated heterocycles. The van der Waals surface area contributed by atoms with Gasteiger partial charge in [-0.3, -0.25) is 14.7 Å². The number of urea groups is 1. The van der Waals surface area contributed by atoms with E-state index < -0.39 is 0 Å². The van der Waals surface area contributed by atoms with Crippen molar-refractivity contribution in [3.05, 3.63) is 0 Å². The maximum absolute atomic E-state index is 11.4. The van der Waals surface area contributed by atoms with E-state index in [0.717, 1.165) is 13.1 Å². The Hall–Kier alpha value is -1.10. The molecule has 0 aromatic heterocycles. The van der Waals surface area contributed by atoms with Gasteiger partial charge in [-0.1, -0.05) is 6.42 Å². The van der Waals surface area contributed by atoms with E-state index in [9.17, 15) is 9.59 Å². The number of amides is 3. The highest BCUT2D eigenvalue weighted by atomic mass is 127. The highest BCUT2D eigenvalue weighted by Gasteiger charge is 2.27. The Morgan fingerprint density at radius 3 is 2.35 bits per heavy atom. The Labute approximate surface area is 154 Å². The van der Waals surface area contributed by atoms with Gasteiger partial charge in [-0.15, -0.1) is 24.0 Å². The Morgan fingerprint density at radius 1 is 1.13 bits per heavy atom. The lowest BCUT2D eigenvalue weighted by Crippen LogP contribution is -2.45. The largest absolute Gasteiger partial charge is 0.355 e. The highest BCUT2D eigenvalue weighted by Crippen LogP contribution is 2.07. The minimum Gasteiger partial charge on any atom is -0.355 e. The molecule has 0 aromatic carbocycles. The zero-order valence-electron chi connectivity index (χ0n) is 13.6. The van der Waals surface area contributed by atoms with Crippen molar-refractivity contribution >= 4 is 41.9 Å². The molecule has 3 N–H and O–H groups in total. The van der Waals surface area contributed by atoms with Crippen LogP contribution in [-0.2, 0) is 4.79 Å². The van der Waals surface area contributed by atoms with E-state index >= 15 is 0 Å². The molecule has 0 saturated carbocycles. The van der Waals surface area contributed by atoms with E-state index in [1.807, 2.05) is 0 Å². The molecule has 2 rings (SSSR count). The number of carbonyl (C=O) groups is 2. The van der Waals surface area contributed by atoms with Gasteiger partial charge in [-0.05, 0) is 25.9 Å². The first-order chi connectivity index (χ1) is 10.7. The third-order valence-electron chi connectivity index (χ3n) is 3.96. The van der Waals surface area contributed by atoms with Gasteiger partial charge in [-0.2, -0.15) is 0 Å². The van der Waals surface area contributed by atoms with Gasteiger partial charge >= 0.3 is 6.03 Å². The molecule has 2 aliphatic heterocycles. The van der Waals surface area contributed by atoms with Gasteiger partial charge in [0.05, 0.1) is 6.54 Å². The number of piperidine rings is 1. The Morgan fingerprint density at radius 2 is 1.78 bits per heavy atom. The summed E-state index contributed by atoms with van der Waals surface area (Å²) in [5.41, 5.74) is 0. The average Bonchev–Trinajstić information content (AvgIpc) is 2.86. The van der Waals surface area contributed by atoms with Crippen molar-refractivity contribution in [3.8, 4) is 0 Å². The number of guanidine groups is 1. The number of likely N-dealkylation sites (tertiary alicyclic amines) is 1. The van der Waals surface area contributed by atoms with Gasteiger partial charge in [-0.25, -0.2) is 4.79 Å². The number of hydrogen-bond acceptors (Lipinski definition) is 4. The predicted octanol–water partition coefficient (Wildman–Crippen LogP) is -0.193. The summed E-state index contributed by atoms with van der Waals surface area (Å²) >= 11 is 0. The molecule has 0 radical (unpaired) electrons. The van der Waals surface area contributed by atoms with Gasteiger partial charge in [0.2, 0.25) is 5.91 Å². The molecule has 2 aliphatic rings. The Bertz CT molecular complexity index is 409. The normalized spacial score (nSPS) is 19.3. The number of rotatable bonds is 6. The molecule has 2 heterocycles. The monoisotopic (exact) mass is 438 g/mol. The molecule has 0 aliphatic carbocycles. The molecule has 8 nitrogen and oxygen atoms in total. The SMILES string of the molecule is CN=C(NCCN1CCCCC1)NCCN1C(=O)CNC1=O.I. The van der Waals surface area contributed by atoms with Crippen molar-refractivity contribution in [2.75, 3.05) is 52.9 Å². The second kappa shape index (κ2) is 10.6. The lowest BCUT2D eigenvalue weighted by atomic mass is 10.1. The number of nitrogens with one attached hydrogen (secondary N) is 3. The van der Waals surface area contributed by atoms with E-state index in [2.05, 4.69) is 25.8 Å². The fourth-order valence-corrected chi connectivity index (χ4v) is 2.70. The van der Waals surface area contributed by atoms with Crippen LogP contribution in [0.2, 0.25) is 0 Å². The van der Waals surface area contributed by atoms with Crippen molar-refractivity contribution in [1.29, 1.82) is 0 Å². The summed E-state index contributed by atoms with van der Waals surface area (Å²) in [6.07, 6.45) is 3.92. The van der Waals surface area contributed by atoms with Crippen LogP contribution >= 0.6 is 24.0 Å². The predicted molar refractivity (Wildman–Crippen MR) is 100 cm³/mol. The molecule has 0 atom stereocenters. The van der Waals surface area contributed by atoms with Crippen LogP contribution in [0.15, 0.2) is 4.99 Å². The highest BCUT2D eigenvalue weighted by molar-refractivity contribution is 14.0. The van der Waals surface area contributed by atoms with Crippen molar-refractivity contribution in [2.24, 2.45) is 4.99 Å². The van der Waals surface area contributed by atoms with Crippen LogP contribution in [0.1, 0.15) is 19.3 Å². The molecule has 23 heavy (non-hydrogen) atoms. The van der Waals surface area contributed by atoms with Crippen LogP contribution in [-0.4, -0.2) is 80.6 Å². The van der Waals surface area contributed by atoms with E-state index in [1.165, 1.54) is 37.3 Å². The van der Waals surface area contributed by atoms with Gasteiger partial charge in [0, 0.05) is 33.2 Å². The third kappa shape index (κ3) is 6.50. The van der Waals surface area contributed by atoms with Gasteiger partial charge in [0.25, 0.3) is 0 Å². The van der Waals surface area contributed by atoms with E-state index in [1.54, 1.807) is 7.05 Å². The summed E-state index contributed by atoms with van der Waals surface area (Å²) in [5.74, 6) is 0.518. The number of nitrogens with zero attached hydrogens (tertiary/aromatic N) is 3. The van der Waals surface area contributed by atoms with Gasteiger partial charge < -0.3 is 20.9 Å². The maximum Gasteiger partial charge on any atom is 0.324 e. The van der Waals surface area contributed by atoms with E-state index in [0.29, 0.717) is 19.0 Å². The fourth-order valence-electron chi connectivity index (χ4n) is 2.70. The van der Waals surface area contributed by atoms with Crippen LogP contribution in [0.3, 0.4) is 0 Å². The summed E-state index contributed by atoms with van der Waals surface area (Å²) in [7, 11) is 1.71. The van der Waals surface area contributed by atoms with Crippen LogP contribution in [0.4, 0.5) is 4.79 Å². The molecule has 0 aromatic rings. The number of carbonyl (C=O) groups excluding carboxylic acids is 2. The topological polar surface area (TPSA) is 89.1 Å². The molecular formula is C14H27IN6O2. The number of halogens is 1. The number of aliphatic imine (C=N–C) groups is 1. The van der Waals surface area contributed by atoms with Crippen LogP contribution in [0.25, 0.3) is 0 Å². The van der Waals surface area contributed by atoms with Crippen LogP contribution in [0, 0.1) is 0 Å². The first-order valence-electron chi connectivity index (χ1n) is 7.96. The first-order valence-corrected chi connectivity index (χ1v) is 7.96. The summed E-state index contributed by atoms with van der Waals surface area (Å²) in [4.78, 5) is 30.6. The summed E-state index contributed by atoms with van der Waals surface area (Å²) in [5, 5.41) is 8.88. The maximum atomic E-state index is 11.4. The number of hydrogen-bond donors (Lipinski definition) is 3. The molecular weight excluding hydrogens is 411 g/mol. The second-order valence-corrected chi connectivity index (χ2v) is 5.53. The standard InChI is InChI=1S/C14H26N6O2.HI/c1-15-13(16-5-9-19-7-3-2-4-8-19)17-6-10-20-12(21)11-18-14(20)22;/h2-11H2,1H3,(H,18,22)(H2,15,16,17);1H. The Balaban J connectivity index is 0.00000264. The zero-order chi connectivity index (χ0) is 15.8. The minimum absolute atomic E-state index is 0. The van der Waals surface area contributed by atoms with Crippen LogP contribution in [0.5, 0.6) is 0 Å². The Kier molecular flexibility index (Phi) is 9.22. The minimum atomic E-state index is -0.320. The summed E-state index contributed by atoms with van der Waals surface area (Å²) < 4.78 is 0. The van der Waals surface area contributed by atoms with Crippen molar-refractivity contribution in [3.63, 3.8) is 0 Å². The third-order valence-corrected chi connectivity index (χ3v) is 3.96. The average molecular weight is 438 g/mol. The summed E-state index contributed by atoms with van der Waals surface area (Å²) in [6, 6.07) is -0.320. The van der Waals surface area contributed by atoms with Crippen molar-refractivity contribution < 1.29 is 9.59 Å². The molecule has 0 bridgehead atoms. The van der Waals surface area contributed by atoms with Gasteiger partial charge in [0.15, 0.2) is 5.96 Å². The van der Waals surface area contributed by atoms with E-state index in [-0.39, 0.29) is 42.5 Å². The smallest absolute Gasteiger partial charge is 0.324 e. The second-order valence-electron chi connectivity index (χ2n) is 5.53. The number of imide groups is 1. The van der Waals surface area contributed by atoms with Crippen molar-refractivity contribution in [1.82, 2.24) is 25.8 Å². The lowest BCUT2D eigenvalue weighted by Gasteiger charge is -2.26. The molecule has 3 amide bonds. The quantitative estimate of drug-likeness (QED) is 0.232. The lowest BCUT2D eigenvalue weighted by molar-refractivity contribution is -0.124. The fraction of sp³-hybridized carbons (Fsp3) is 0.786. The zero-order valence-corrected chi connectivity index (χ0v) is 16.0.